The Bertz CT molecular complexity index is 394. The van der Waals surface area contributed by atoms with Gasteiger partial charge >= 0.3 is 0 Å². The zero-order valence-corrected chi connectivity index (χ0v) is 10.5. The molecule has 0 amide bonds. The molecule has 1 aromatic carbocycles. The van der Waals surface area contributed by atoms with Crippen LogP contribution in [-0.2, 0) is 14.6 Å². The fourth-order valence-corrected chi connectivity index (χ4v) is 1.84. The minimum absolute atomic E-state index is 0.370. The standard InChI is InChI=1S/C7H8O2S.C5H10O/c1-10(8,9)7-5-3-2-4-6-7;1-6-4-5-2-3-5/h2-6H,1H3;5H,2-4H2,1H3. The van der Waals surface area contributed by atoms with Crippen LogP contribution in [0, 0.1) is 5.92 Å². The summed E-state index contributed by atoms with van der Waals surface area (Å²) in [6.45, 7) is 0.986. The third-order valence-electron chi connectivity index (χ3n) is 2.27. The van der Waals surface area contributed by atoms with Crippen LogP contribution >= 0.6 is 0 Å². The first-order valence-corrected chi connectivity index (χ1v) is 7.17. The first-order chi connectivity index (χ1) is 7.54. The molecular weight excluding hydrogens is 224 g/mol. The van der Waals surface area contributed by atoms with E-state index in [1.165, 1.54) is 19.1 Å². The molecule has 1 aliphatic rings. The van der Waals surface area contributed by atoms with Crippen LogP contribution in [0.15, 0.2) is 35.2 Å². The van der Waals surface area contributed by atoms with Gasteiger partial charge in [-0.05, 0) is 30.9 Å². The Labute approximate surface area is 97.4 Å². The van der Waals surface area contributed by atoms with Gasteiger partial charge in [-0.15, -0.1) is 0 Å². The molecule has 4 heteroatoms. The molecule has 0 aromatic heterocycles. The van der Waals surface area contributed by atoms with Crippen molar-refractivity contribution >= 4 is 9.84 Å². The van der Waals surface area contributed by atoms with Gasteiger partial charge < -0.3 is 4.74 Å². The SMILES string of the molecule is COCC1CC1.CS(=O)(=O)c1ccccc1. The minimum atomic E-state index is -3.00. The van der Waals surface area contributed by atoms with Gasteiger partial charge in [-0.2, -0.15) is 0 Å². The van der Waals surface area contributed by atoms with Crippen molar-refractivity contribution in [1.82, 2.24) is 0 Å². The van der Waals surface area contributed by atoms with Gasteiger partial charge in [0.1, 0.15) is 0 Å². The topological polar surface area (TPSA) is 43.4 Å². The van der Waals surface area contributed by atoms with Crippen LogP contribution in [0.25, 0.3) is 0 Å². The molecule has 0 heterocycles. The molecule has 0 spiro atoms. The van der Waals surface area contributed by atoms with Crippen molar-refractivity contribution in [2.45, 2.75) is 17.7 Å². The number of rotatable bonds is 3. The molecule has 0 bridgehead atoms. The molecule has 16 heavy (non-hydrogen) atoms. The Balaban J connectivity index is 0.000000181. The predicted molar refractivity (Wildman–Crippen MR) is 64.2 cm³/mol. The summed E-state index contributed by atoms with van der Waals surface area (Å²) in [7, 11) is -1.24. The largest absolute Gasteiger partial charge is 0.384 e. The average Bonchev–Trinajstić information content (AvgIpc) is 3.04. The second-order valence-corrected chi connectivity index (χ2v) is 6.00. The van der Waals surface area contributed by atoms with Crippen LogP contribution in [0.5, 0.6) is 0 Å². The van der Waals surface area contributed by atoms with Crippen LogP contribution in [-0.4, -0.2) is 28.4 Å². The summed E-state index contributed by atoms with van der Waals surface area (Å²) in [6, 6.07) is 8.35. The maximum atomic E-state index is 10.8. The van der Waals surface area contributed by atoms with Gasteiger partial charge in [0.2, 0.25) is 0 Å². The summed E-state index contributed by atoms with van der Waals surface area (Å²) in [5.74, 6) is 0.926. The molecule has 90 valence electrons. The molecule has 0 saturated heterocycles. The van der Waals surface area contributed by atoms with Crippen molar-refractivity contribution in [3.05, 3.63) is 30.3 Å². The zero-order chi connectivity index (χ0) is 12.0. The van der Waals surface area contributed by atoms with E-state index in [0.29, 0.717) is 4.90 Å². The van der Waals surface area contributed by atoms with Crippen LogP contribution in [0.3, 0.4) is 0 Å². The molecule has 0 atom stereocenters. The maximum Gasteiger partial charge on any atom is 0.175 e. The molecule has 1 fully saturated rings. The number of benzene rings is 1. The lowest BCUT2D eigenvalue weighted by atomic mass is 10.4. The third-order valence-corrected chi connectivity index (χ3v) is 3.40. The van der Waals surface area contributed by atoms with E-state index in [1.54, 1.807) is 37.4 Å². The highest BCUT2D eigenvalue weighted by Gasteiger charge is 2.19. The maximum absolute atomic E-state index is 10.8. The summed E-state index contributed by atoms with van der Waals surface area (Å²) >= 11 is 0. The average molecular weight is 242 g/mol. The summed E-state index contributed by atoms with van der Waals surface area (Å²) in [4.78, 5) is 0.370. The molecule has 1 saturated carbocycles. The van der Waals surface area contributed by atoms with Gasteiger partial charge in [-0.1, -0.05) is 18.2 Å². The highest BCUT2D eigenvalue weighted by atomic mass is 32.2. The van der Waals surface area contributed by atoms with E-state index in [9.17, 15) is 8.42 Å². The lowest BCUT2D eigenvalue weighted by Gasteiger charge is -1.93. The number of hydrogen-bond donors (Lipinski definition) is 0. The molecular formula is C12H18O3S. The molecule has 1 aliphatic carbocycles. The Morgan fingerprint density at radius 2 is 1.81 bits per heavy atom. The number of ether oxygens (including phenoxy) is 1. The monoisotopic (exact) mass is 242 g/mol. The van der Waals surface area contributed by atoms with Crippen LogP contribution < -0.4 is 0 Å². The lowest BCUT2D eigenvalue weighted by Crippen LogP contribution is -1.95. The Hall–Kier alpha value is -0.870. The number of sulfone groups is 1. The van der Waals surface area contributed by atoms with E-state index in [-0.39, 0.29) is 0 Å². The van der Waals surface area contributed by atoms with E-state index in [4.69, 9.17) is 4.74 Å². The molecule has 0 radical (unpaired) electrons. The molecule has 0 N–H and O–H groups in total. The Morgan fingerprint density at radius 1 is 1.25 bits per heavy atom. The van der Waals surface area contributed by atoms with Gasteiger partial charge in [0.25, 0.3) is 0 Å². The highest BCUT2D eigenvalue weighted by molar-refractivity contribution is 7.90. The van der Waals surface area contributed by atoms with Gasteiger partial charge in [-0.25, -0.2) is 8.42 Å². The van der Waals surface area contributed by atoms with Crippen molar-refractivity contribution < 1.29 is 13.2 Å². The number of hydrogen-bond acceptors (Lipinski definition) is 3. The summed E-state index contributed by atoms with van der Waals surface area (Å²) in [5, 5.41) is 0. The Morgan fingerprint density at radius 3 is 2.06 bits per heavy atom. The van der Waals surface area contributed by atoms with E-state index in [2.05, 4.69) is 0 Å². The summed E-state index contributed by atoms with van der Waals surface area (Å²) in [5.41, 5.74) is 0. The summed E-state index contributed by atoms with van der Waals surface area (Å²) in [6.07, 6.45) is 3.99. The molecule has 0 unspecified atom stereocenters. The fraction of sp³-hybridized carbons (Fsp3) is 0.500. The normalized spacial score (nSPS) is 15.1. The van der Waals surface area contributed by atoms with Gasteiger partial charge in [0.15, 0.2) is 9.84 Å². The molecule has 1 aromatic rings. The van der Waals surface area contributed by atoms with E-state index < -0.39 is 9.84 Å². The molecule has 3 nitrogen and oxygen atoms in total. The van der Waals surface area contributed by atoms with Gasteiger partial charge in [0, 0.05) is 20.0 Å². The van der Waals surface area contributed by atoms with E-state index >= 15 is 0 Å². The van der Waals surface area contributed by atoms with Crippen molar-refractivity contribution in [2.75, 3.05) is 20.0 Å². The second kappa shape index (κ2) is 6.01. The Kier molecular flexibility index (Phi) is 4.96. The highest BCUT2D eigenvalue weighted by Crippen LogP contribution is 2.28. The minimum Gasteiger partial charge on any atom is -0.384 e. The van der Waals surface area contributed by atoms with Crippen molar-refractivity contribution in [1.29, 1.82) is 0 Å². The van der Waals surface area contributed by atoms with Crippen LogP contribution in [0.1, 0.15) is 12.8 Å². The van der Waals surface area contributed by atoms with Crippen molar-refractivity contribution in [3.8, 4) is 0 Å². The first kappa shape index (κ1) is 13.2. The van der Waals surface area contributed by atoms with Crippen LogP contribution in [0.2, 0.25) is 0 Å². The van der Waals surface area contributed by atoms with E-state index in [0.717, 1.165) is 12.5 Å². The lowest BCUT2D eigenvalue weighted by molar-refractivity contribution is 0.186. The molecule has 0 aliphatic heterocycles. The van der Waals surface area contributed by atoms with Crippen molar-refractivity contribution in [3.63, 3.8) is 0 Å². The molecule has 2 rings (SSSR count). The summed E-state index contributed by atoms with van der Waals surface area (Å²) < 4.78 is 26.5. The fourth-order valence-electron chi connectivity index (χ4n) is 1.19. The second-order valence-electron chi connectivity index (χ2n) is 3.98. The van der Waals surface area contributed by atoms with Crippen molar-refractivity contribution in [2.24, 2.45) is 5.92 Å². The van der Waals surface area contributed by atoms with E-state index in [1.807, 2.05) is 0 Å². The number of methoxy groups -OCH3 is 1. The first-order valence-electron chi connectivity index (χ1n) is 5.28. The quantitative estimate of drug-likeness (QED) is 0.815. The third kappa shape index (κ3) is 5.28. The smallest absolute Gasteiger partial charge is 0.175 e. The predicted octanol–water partition coefficient (Wildman–Crippen LogP) is 2.13. The van der Waals surface area contributed by atoms with Gasteiger partial charge in [0.05, 0.1) is 4.90 Å². The van der Waals surface area contributed by atoms with Gasteiger partial charge in [-0.3, -0.25) is 0 Å². The zero-order valence-electron chi connectivity index (χ0n) is 9.72. The van der Waals surface area contributed by atoms with Crippen LogP contribution in [0.4, 0.5) is 0 Å².